The number of hydrogen-bond acceptors (Lipinski definition) is 5. The Hall–Kier alpha value is -2.70. The van der Waals surface area contributed by atoms with E-state index in [2.05, 4.69) is 15.5 Å². The molecule has 2 rings (SSSR count). The van der Waals surface area contributed by atoms with Crippen LogP contribution in [0.3, 0.4) is 0 Å². The minimum absolute atomic E-state index is 0.0243. The van der Waals surface area contributed by atoms with Crippen LogP contribution in [-0.2, 0) is 9.59 Å². The molecule has 1 aromatic heterocycles. The second kappa shape index (κ2) is 6.65. The first kappa shape index (κ1) is 14.7. The van der Waals surface area contributed by atoms with Crippen molar-refractivity contribution >= 4 is 17.6 Å². The topological polar surface area (TPSA) is 105 Å². The van der Waals surface area contributed by atoms with Gasteiger partial charge in [-0.25, -0.2) is 0 Å². The summed E-state index contributed by atoms with van der Waals surface area (Å²) in [5.41, 5.74) is 1.38. The van der Waals surface area contributed by atoms with Gasteiger partial charge in [0.05, 0.1) is 0 Å². The maximum absolute atomic E-state index is 11.8. The Morgan fingerprint density at radius 2 is 2.00 bits per heavy atom. The largest absolute Gasteiger partial charge is 0.481 e. The summed E-state index contributed by atoms with van der Waals surface area (Å²) in [4.78, 5) is 22.3. The monoisotopic (exact) mass is 289 g/mol. The summed E-state index contributed by atoms with van der Waals surface area (Å²) >= 11 is 0. The SMILES string of the molecule is CC(CC(=O)O)CC(=O)Nc1ccc(-c2nnco2)cc1. The molecular formula is C14H15N3O4. The molecule has 0 aliphatic rings. The van der Waals surface area contributed by atoms with E-state index < -0.39 is 5.97 Å². The van der Waals surface area contributed by atoms with Gasteiger partial charge >= 0.3 is 5.97 Å². The molecule has 1 heterocycles. The molecular weight excluding hydrogens is 274 g/mol. The zero-order valence-corrected chi connectivity index (χ0v) is 11.4. The summed E-state index contributed by atoms with van der Waals surface area (Å²) in [6.45, 7) is 1.73. The molecule has 1 amide bonds. The predicted molar refractivity (Wildman–Crippen MR) is 74.4 cm³/mol. The molecule has 0 radical (unpaired) electrons. The average Bonchev–Trinajstić information content (AvgIpc) is 2.92. The number of carboxylic acids is 1. The zero-order chi connectivity index (χ0) is 15.2. The number of nitrogens with one attached hydrogen (secondary N) is 1. The molecule has 7 heteroatoms. The zero-order valence-electron chi connectivity index (χ0n) is 11.4. The van der Waals surface area contributed by atoms with Crippen LogP contribution in [0.15, 0.2) is 35.1 Å². The van der Waals surface area contributed by atoms with Crippen LogP contribution in [-0.4, -0.2) is 27.2 Å². The van der Waals surface area contributed by atoms with Crippen molar-refractivity contribution in [2.45, 2.75) is 19.8 Å². The number of anilines is 1. The van der Waals surface area contributed by atoms with Crippen LogP contribution >= 0.6 is 0 Å². The van der Waals surface area contributed by atoms with Gasteiger partial charge in [0.2, 0.25) is 18.2 Å². The van der Waals surface area contributed by atoms with Crippen molar-refractivity contribution in [2.24, 2.45) is 5.92 Å². The average molecular weight is 289 g/mol. The van der Waals surface area contributed by atoms with Crippen molar-refractivity contribution in [3.05, 3.63) is 30.7 Å². The summed E-state index contributed by atoms with van der Waals surface area (Å²) in [5, 5.41) is 18.8. The molecule has 110 valence electrons. The lowest BCUT2D eigenvalue weighted by Crippen LogP contribution is -2.16. The van der Waals surface area contributed by atoms with E-state index in [1.807, 2.05) is 0 Å². The number of amides is 1. The molecule has 1 unspecified atom stereocenters. The number of benzene rings is 1. The molecule has 0 aliphatic heterocycles. The highest BCUT2D eigenvalue weighted by atomic mass is 16.4. The van der Waals surface area contributed by atoms with Gasteiger partial charge in [0.15, 0.2) is 0 Å². The van der Waals surface area contributed by atoms with Gasteiger partial charge in [-0.2, -0.15) is 0 Å². The van der Waals surface area contributed by atoms with Crippen LogP contribution in [0, 0.1) is 5.92 Å². The number of carboxylic acid groups (broad SMARTS) is 1. The van der Waals surface area contributed by atoms with Crippen LogP contribution in [0.5, 0.6) is 0 Å². The maximum Gasteiger partial charge on any atom is 0.303 e. The van der Waals surface area contributed by atoms with E-state index in [0.29, 0.717) is 11.6 Å². The molecule has 0 saturated carbocycles. The smallest absolute Gasteiger partial charge is 0.303 e. The predicted octanol–water partition coefficient (Wildman–Crippen LogP) is 2.18. The molecule has 2 aromatic rings. The van der Waals surface area contributed by atoms with Gasteiger partial charge < -0.3 is 14.8 Å². The van der Waals surface area contributed by atoms with E-state index in [1.54, 1.807) is 31.2 Å². The highest BCUT2D eigenvalue weighted by Crippen LogP contribution is 2.19. The molecule has 0 bridgehead atoms. The fourth-order valence-corrected chi connectivity index (χ4v) is 1.89. The van der Waals surface area contributed by atoms with Crippen LogP contribution < -0.4 is 5.32 Å². The Morgan fingerprint density at radius 3 is 2.57 bits per heavy atom. The van der Waals surface area contributed by atoms with Gasteiger partial charge in [-0.3, -0.25) is 9.59 Å². The van der Waals surface area contributed by atoms with Crippen LogP contribution in [0.1, 0.15) is 19.8 Å². The highest BCUT2D eigenvalue weighted by molar-refractivity contribution is 5.91. The highest BCUT2D eigenvalue weighted by Gasteiger charge is 2.13. The molecule has 1 atom stereocenters. The third-order valence-electron chi connectivity index (χ3n) is 2.83. The fourth-order valence-electron chi connectivity index (χ4n) is 1.89. The van der Waals surface area contributed by atoms with E-state index in [0.717, 1.165) is 5.56 Å². The van der Waals surface area contributed by atoms with Gasteiger partial charge in [-0.15, -0.1) is 10.2 Å². The van der Waals surface area contributed by atoms with E-state index in [1.165, 1.54) is 6.39 Å². The molecule has 0 saturated heterocycles. The Balaban J connectivity index is 1.91. The first-order valence-electron chi connectivity index (χ1n) is 6.43. The van der Waals surface area contributed by atoms with E-state index >= 15 is 0 Å². The quantitative estimate of drug-likeness (QED) is 0.844. The van der Waals surface area contributed by atoms with E-state index in [-0.39, 0.29) is 24.7 Å². The Bertz CT molecular complexity index is 608. The lowest BCUT2D eigenvalue weighted by atomic mass is 10.0. The number of carbonyl (C=O) groups is 2. The molecule has 0 fully saturated rings. The normalized spacial score (nSPS) is 11.9. The summed E-state index contributed by atoms with van der Waals surface area (Å²) in [7, 11) is 0. The molecule has 1 aromatic carbocycles. The van der Waals surface area contributed by atoms with Crippen LogP contribution in [0.2, 0.25) is 0 Å². The maximum atomic E-state index is 11.8. The Morgan fingerprint density at radius 1 is 1.29 bits per heavy atom. The summed E-state index contributed by atoms with van der Waals surface area (Å²) in [5.74, 6) is -0.920. The lowest BCUT2D eigenvalue weighted by Gasteiger charge is -2.09. The van der Waals surface area contributed by atoms with Crippen LogP contribution in [0.25, 0.3) is 11.5 Å². The van der Waals surface area contributed by atoms with E-state index in [9.17, 15) is 9.59 Å². The van der Waals surface area contributed by atoms with E-state index in [4.69, 9.17) is 9.52 Å². The second-order valence-electron chi connectivity index (χ2n) is 4.78. The van der Waals surface area contributed by atoms with Gasteiger partial charge in [0.25, 0.3) is 0 Å². The van der Waals surface area contributed by atoms with Crippen molar-refractivity contribution in [1.29, 1.82) is 0 Å². The third-order valence-corrected chi connectivity index (χ3v) is 2.83. The lowest BCUT2D eigenvalue weighted by molar-refractivity contribution is -0.138. The van der Waals surface area contributed by atoms with Gasteiger partial charge in [0, 0.05) is 24.1 Å². The summed E-state index contributed by atoms with van der Waals surface area (Å²) in [6.07, 6.45) is 1.39. The third kappa shape index (κ3) is 4.41. The number of hydrogen-bond donors (Lipinski definition) is 2. The first-order valence-corrected chi connectivity index (χ1v) is 6.43. The molecule has 2 N–H and O–H groups in total. The number of aliphatic carboxylic acids is 1. The van der Waals surface area contributed by atoms with Crippen molar-refractivity contribution in [1.82, 2.24) is 10.2 Å². The van der Waals surface area contributed by atoms with Gasteiger partial charge in [-0.1, -0.05) is 6.92 Å². The number of aromatic nitrogens is 2. The number of carbonyl (C=O) groups excluding carboxylic acids is 1. The Labute approximate surface area is 121 Å². The van der Waals surface area contributed by atoms with Crippen molar-refractivity contribution in [2.75, 3.05) is 5.32 Å². The van der Waals surface area contributed by atoms with Gasteiger partial charge in [0.1, 0.15) is 0 Å². The minimum Gasteiger partial charge on any atom is -0.481 e. The molecule has 0 aliphatic carbocycles. The molecule has 21 heavy (non-hydrogen) atoms. The van der Waals surface area contributed by atoms with Crippen LogP contribution in [0.4, 0.5) is 5.69 Å². The first-order chi connectivity index (χ1) is 10.0. The van der Waals surface area contributed by atoms with Crippen molar-refractivity contribution < 1.29 is 19.1 Å². The minimum atomic E-state index is -0.904. The molecule has 7 nitrogen and oxygen atoms in total. The summed E-state index contributed by atoms with van der Waals surface area (Å²) in [6, 6.07) is 6.95. The van der Waals surface area contributed by atoms with Crippen molar-refractivity contribution in [3.63, 3.8) is 0 Å². The number of nitrogens with zero attached hydrogens (tertiary/aromatic N) is 2. The Kier molecular flexibility index (Phi) is 4.65. The fraction of sp³-hybridized carbons (Fsp3) is 0.286. The van der Waals surface area contributed by atoms with Crippen molar-refractivity contribution in [3.8, 4) is 11.5 Å². The van der Waals surface area contributed by atoms with Gasteiger partial charge in [-0.05, 0) is 30.2 Å². The molecule has 0 spiro atoms. The standard InChI is InChI=1S/C14H15N3O4/c1-9(7-13(19)20)6-12(18)16-11-4-2-10(3-5-11)14-17-15-8-21-14/h2-5,8-9H,6-7H2,1H3,(H,16,18)(H,19,20). The second-order valence-corrected chi connectivity index (χ2v) is 4.78. The number of rotatable bonds is 6. The summed E-state index contributed by atoms with van der Waals surface area (Å²) < 4.78 is 5.06.